The molecule has 0 aliphatic heterocycles. The minimum Gasteiger partial charge on any atom is -0.339 e. The van der Waals surface area contributed by atoms with E-state index in [4.69, 9.17) is 11.6 Å². The van der Waals surface area contributed by atoms with E-state index in [0.29, 0.717) is 5.88 Å². The van der Waals surface area contributed by atoms with E-state index in [1.807, 2.05) is 0 Å². The molecule has 0 amide bonds. The molecule has 0 fully saturated rings. The number of fused-ring (bicyclic) bond motifs is 1. The lowest BCUT2D eigenvalue weighted by atomic mass is 10.3. The second-order valence-electron chi connectivity index (χ2n) is 2.74. The Morgan fingerprint density at radius 3 is 3.15 bits per heavy atom. The van der Waals surface area contributed by atoms with E-state index in [1.54, 1.807) is 6.20 Å². The van der Waals surface area contributed by atoms with E-state index in [1.165, 1.54) is 6.33 Å². The van der Waals surface area contributed by atoms with Crippen molar-refractivity contribution < 1.29 is 0 Å². The van der Waals surface area contributed by atoms with Gasteiger partial charge in [-0.25, -0.2) is 15.0 Å². The number of aromatic nitrogens is 4. The summed E-state index contributed by atoms with van der Waals surface area (Å²) in [5, 5.41) is 0. The minimum atomic E-state index is 0.655. The predicted molar refractivity (Wildman–Crippen MR) is 50.7 cm³/mol. The molecule has 0 radical (unpaired) electrons. The van der Waals surface area contributed by atoms with E-state index < -0.39 is 0 Å². The van der Waals surface area contributed by atoms with Gasteiger partial charge in [0, 0.05) is 12.3 Å². The molecular weight excluding hydrogens is 188 g/mol. The molecule has 2 rings (SSSR count). The summed E-state index contributed by atoms with van der Waals surface area (Å²) in [5.41, 5.74) is 1.60. The van der Waals surface area contributed by atoms with Crippen molar-refractivity contribution in [1.29, 1.82) is 0 Å². The molecule has 0 saturated heterocycles. The number of alkyl halides is 1. The number of aromatic amines is 1. The fourth-order valence-electron chi connectivity index (χ4n) is 1.16. The fourth-order valence-corrected chi connectivity index (χ4v) is 1.30. The monoisotopic (exact) mass is 196 g/mol. The molecule has 68 valence electrons. The van der Waals surface area contributed by atoms with Crippen LogP contribution in [0.2, 0.25) is 0 Å². The predicted octanol–water partition coefficient (Wildman–Crippen LogP) is 1.52. The number of nitrogens with zero attached hydrogens (tertiary/aromatic N) is 3. The molecule has 0 aliphatic carbocycles. The first-order chi connectivity index (χ1) is 6.40. The van der Waals surface area contributed by atoms with E-state index in [-0.39, 0.29) is 0 Å². The average Bonchev–Trinajstić information content (AvgIpc) is 2.57. The summed E-state index contributed by atoms with van der Waals surface area (Å²) in [6.07, 6.45) is 5.00. The molecule has 5 heteroatoms. The SMILES string of the molecule is ClCCCc1nc2ncncc2[nH]1. The van der Waals surface area contributed by atoms with Gasteiger partial charge in [-0.15, -0.1) is 11.6 Å². The van der Waals surface area contributed by atoms with E-state index >= 15 is 0 Å². The maximum Gasteiger partial charge on any atom is 0.180 e. The third kappa shape index (κ3) is 1.78. The maximum atomic E-state index is 5.58. The fraction of sp³-hybridized carbons (Fsp3) is 0.375. The van der Waals surface area contributed by atoms with Gasteiger partial charge < -0.3 is 4.98 Å². The first-order valence-electron chi connectivity index (χ1n) is 4.10. The van der Waals surface area contributed by atoms with E-state index in [9.17, 15) is 0 Å². The third-order valence-electron chi connectivity index (χ3n) is 1.76. The standard InChI is InChI=1S/C8H9ClN4/c9-3-1-2-7-12-6-4-10-5-11-8(6)13-7/h4-5H,1-3H2,(H,10,11,12,13). The Morgan fingerprint density at radius 2 is 2.38 bits per heavy atom. The van der Waals surface area contributed by atoms with Crippen LogP contribution < -0.4 is 0 Å². The third-order valence-corrected chi connectivity index (χ3v) is 2.03. The van der Waals surface area contributed by atoms with Gasteiger partial charge in [0.1, 0.15) is 17.7 Å². The summed E-state index contributed by atoms with van der Waals surface area (Å²) in [7, 11) is 0. The van der Waals surface area contributed by atoms with Crippen LogP contribution in [0.4, 0.5) is 0 Å². The van der Waals surface area contributed by atoms with Gasteiger partial charge in [0.15, 0.2) is 5.65 Å². The smallest absolute Gasteiger partial charge is 0.180 e. The molecule has 0 bridgehead atoms. The lowest BCUT2D eigenvalue weighted by Crippen LogP contribution is -1.88. The van der Waals surface area contributed by atoms with E-state index in [0.717, 1.165) is 29.8 Å². The van der Waals surface area contributed by atoms with Crippen molar-refractivity contribution in [3.8, 4) is 0 Å². The van der Waals surface area contributed by atoms with Crippen LogP contribution in [0.15, 0.2) is 12.5 Å². The topological polar surface area (TPSA) is 54.5 Å². The van der Waals surface area contributed by atoms with E-state index in [2.05, 4.69) is 19.9 Å². The molecule has 0 aliphatic rings. The Labute approximate surface area is 80.4 Å². The summed E-state index contributed by atoms with van der Waals surface area (Å²) in [6, 6.07) is 0. The second kappa shape index (κ2) is 3.70. The van der Waals surface area contributed by atoms with Crippen molar-refractivity contribution >= 4 is 22.8 Å². The van der Waals surface area contributed by atoms with Crippen LogP contribution in [0.5, 0.6) is 0 Å². The molecule has 0 atom stereocenters. The number of imidazole rings is 1. The quantitative estimate of drug-likeness (QED) is 0.758. The van der Waals surface area contributed by atoms with Gasteiger partial charge >= 0.3 is 0 Å². The Balaban J connectivity index is 2.28. The summed E-state index contributed by atoms with van der Waals surface area (Å²) >= 11 is 5.58. The highest BCUT2D eigenvalue weighted by atomic mass is 35.5. The Kier molecular flexibility index (Phi) is 2.40. The van der Waals surface area contributed by atoms with Crippen molar-refractivity contribution in [2.75, 3.05) is 5.88 Å². The summed E-state index contributed by atoms with van der Waals surface area (Å²) in [5.74, 6) is 1.58. The molecule has 0 unspecified atom stereocenters. The normalized spacial score (nSPS) is 10.8. The van der Waals surface area contributed by atoms with Crippen LogP contribution in [0.3, 0.4) is 0 Å². The largest absolute Gasteiger partial charge is 0.339 e. The molecule has 2 heterocycles. The van der Waals surface area contributed by atoms with Crippen LogP contribution in [0.1, 0.15) is 12.2 Å². The highest BCUT2D eigenvalue weighted by Crippen LogP contribution is 2.07. The minimum absolute atomic E-state index is 0.655. The lowest BCUT2D eigenvalue weighted by molar-refractivity contribution is 0.866. The Bertz CT molecular complexity index is 365. The second-order valence-corrected chi connectivity index (χ2v) is 3.11. The van der Waals surface area contributed by atoms with Gasteiger partial charge in [-0.2, -0.15) is 0 Å². The van der Waals surface area contributed by atoms with Gasteiger partial charge in [0.2, 0.25) is 0 Å². The summed E-state index contributed by atoms with van der Waals surface area (Å²) in [4.78, 5) is 15.3. The van der Waals surface area contributed by atoms with Gasteiger partial charge in [0.05, 0.1) is 6.20 Å². The molecule has 13 heavy (non-hydrogen) atoms. The molecule has 1 N–H and O–H groups in total. The number of rotatable bonds is 3. The molecule has 2 aromatic rings. The molecule has 0 spiro atoms. The molecule has 0 aromatic carbocycles. The number of hydrogen-bond acceptors (Lipinski definition) is 3. The lowest BCUT2D eigenvalue weighted by Gasteiger charge is -1.89. The molecular formula is C8H9ClN4. The van der Waals surface area contributed by atoms with Crippen LogP contribution in [0.25, 0.3) is 11.2 Å². The van der Waals surface area contributed by atoms with Gasteiger partial charge in [-0.05, 0) is 6.42 Å². The summed E-state index contributed by atoms with van der Waals surface area (Å²) in [6.45, 7) is 0. The van der Waals surface area contributed by atoms with Crippen molar-refractivity contribution in [3.63, 3.8) is 0 Å². The van der Waals surface area contributed by atoms with Crippen LogP contribution in [0, 0.1) is 0 Å². The zero-order valence-electron chi connectivity index (χ0n) is 7.00. The Morgan fingerprint density at radius 1 is 1.46 bits per heavy atom. The van der Waals surface area contributed by atoms with Crippen molar-refractivity contribution in [3.05, 3.63) is 18.3 Å². The maximum absolute atomic E-state index is 5.58. The highest BCUT2D eigenvalue weighted by Gasteiger charge is 2.01. The van der Waals surface area contributed by atoms with Crippen molar-refractivity contribution in [2.45, 2.75) is 12.8 Å². The zero-order valence-corrected chi connectivity index (χ0v) is 7.75. The average molecular weight is 197 g/mol. The number of hydrogen-bond donors (Lipinski definition) is 1. The number of aryl methyl sites for hydroxylation is 1. The Hall–Kier alpha value is -1.16. The zero-order chi connectivity index (χ0) is 9.10. The summed E-state index contributed by atoms with van der Waals surface area (Å²) < 4.78 is 0. The van der Waals surface area contributed by atoms with Crippen molar-refractivity contribution in [2.24, 2.45) is 0 Å². The number of H-pyrrole nitrogens is 1. The van der Waals surface area contributed by atoms with Gasteiger partial charge in [-0.1, -0.05) is 0 Å². The molecule has 0 saturated carbocycles. The molecule has 2 aromatic heterocycles. The highest BCUT2D eigenvalue weighted by molar-refractivity contribution is 6.17. The van der Waals surface area contributed by atoms with Gasteiger partial charge in [0.25, 0.3) is 0 Å². The first kappa shape index (κ1) is 8.44. The molecule has 4 nitrogen and oxygen atoms in total. The van der Waals surface area contributed by atoms with Gasteiger partial charge in [-0.3, -0.25) is 0 Å². The van der Waals surface area contributed by atoms with Crippen molar-refractivity contribution in [1.82, 2.24) is 19.9 Å². The van der Waals surface area contributed by atoms with Crippen LogP contribution in [-0.4, -0.2) is 25.8 Å². The van der Waals surface area contributed by atoms with Crippen LogP contribution >= 0.6 is 11.6 Å². The first-order valence-corrected chi connectivity index (χ1v) is 4.64. The number of nitrogens with one attached hydrogen (secondary N) is 1. The number of halogens is 1. The van der Waals surface area contributed by atoms with Crippen LogP contribution in [-0.2, 0) is 6.42 Å².